The van der Waals surface area contributed by atoms with Crippen LogP contribution < -0.4 is 27.0 Å². The summed E-state index contributed by atoms with van der Waals surface area (Å²) in [7, 11) is 0. The number of tetrazole rings is 1. The first kappa shape index (κ1) is 38.2. The number of aliphatic hydroxyl groups excluding tert-OH is 1. The molecule has 3 rings (SSSR count). The number of H-pyrrole nitrogens is 1. The fourth-order valence-corrected chi connectivity index (χ4v) is 4.98. The van der Waals surface area contributed by atoms with E-state index in [2.05, 4.69) is 41.9 Å². The van der Waals surface area contributed by atoms with E-state index in [1.165, 1.54) is 0 Å². The Labute approximate surface area is 284 Å². The number of nitrogens with two attached hydrogens (primary N) is 1. The molecule has 264 valence electrons. The summed E-state index contributed by atoms with van der Waals surface area (Å²) in [6, 6.07) is 11.2. The topological polar surface area (TPSA) is 254 Å². The number of aromatic nitrogens is 4. The standard InChI is InChI=1S/C33H45N9O7/c1-18(2)15-25(37-32(48)27(19(3)4)38-30(46)23(34)13-14-26(43)44)31(47)36-24(16-20-9-6-5-7-10-20)28(45)33(49)35-22-12-8-11-21(17-22)29-39-41-42-40-29/h5-12,17-19,23-25,27-28,45H,13-16,34H2,1-4H3,(H,35,49)(H,36,47)(H,37,48)(H,38,46)(H,43,44)(H,39,40,41,42)/t23-,24-,25-,27-,28+/m0/s1. The highest BCUT2D eigenvalue weighted by Gasteiger charge is 2.34. The SMILES string of the molecule is CC(C)C[C@H](NC(=O)[C@@H](NC(=O)[C@@H](N)CCC(=O)O)C(C)C)C(=O)N[C@@H](Cc1ccccc1)[C@@H](O)C(=O)Nc1cccc(-c2nn[nH]n2)c1. The number of rotatable bonds is 18. The zero-order valence-electron chi connectivity index (χ0n) is 27.9. The van der Waals surface area contributed by atoms with Gasteiger partial charge in [-0.25, -0.2) is 0 Å². The van der Waals surface area contributed by atoms with E-state index in [0.29, 0.717) is 17.1 Å². The first-order valence-electron chi connectivity index (χ1n) is 16.0. The van der Waals surface area contributed by atoms with Crippen LogP contribution in [0, 0.1) is 11.8 Å². The average molecular weight is 680 g/mol. The number of carbonyl (C=O) groups is 5. The molecule has 49 heavy (non-hydrogen) atoms. The summed E-state index contributed by atoms with van der Waals surface area (Å²) >= 11 is 0. The lowest BCUT2D eigenvalue weighted by molar-refractivity contribution is -0.137. The molecule has 0 unspecified atom stereocenters. The number of amides is 4. The molecule has 4 amide bonds. The summed E-state index contributed by atoms with van der Waals surface area (Å²) in [6.07, 6.45) is -1.84. The molecule has 3 aromatic rings. The Hall–Kier alpha value is -5.22. The maximum absolute atomic E-state index is 13.8. The van der Waals surface area contributed by atoms with Gasteiger partial charge in [0.2, 0.25) is 23.5 Å². The fourth-order valence-electron chi connectivity index (χ4n) is 4.98. The molecular formula is C33H45N9O7. The zero-order chi connectivity index (χ0) is 36.1. The number of aliphatic hydroxyl groups is 1. The third-order valence-electron chi connectivity index (χ3n) is 7.60. The van der Waals surface area contributed by atoms with E-state index in [0.717, 1.165) is 5.56 Å². The molecule has 0 fully saturated rings. The van der Waals surface area contributed by atoms with Gasteiger partial charge in [0.1, 0.15) is 12.1 Å². The van der Waals surface area contributed by atoms with Crippen molar-refractivity contribution < 1.29 is 34.2 Å². The van der Waals surface area contributed by atoms with Crippen molar-refractivity contribution in [2.45, 2.75) is 83.6 Å². The lowest BCUT2D eigenvalue weighted by Crippen LogP contribution is -2.59. The highest BCUT2D eigenvalue weighted by molar-refractivity contribution is 5.96. The highest BCUT2D eigenvalue weighted by Crippen LogP contribution is 2.19. The number of aromatic amines is 1. The number of nitrogens with one attached hydrogen (secondary N) is 5. The Morgan fingerprint density at radius 1 is 0.878 bits per heavy atom. The van der Waals surface area contributed by atoms with Gasteiger partial charge in [-0.05, 0) is 54.0 Å². The van der Waals surface area contributed by atoms with Gasteiger partial charge in [-0.3, -0.25) is 24.0 Å². The first-order chi connectivity index (χ1) is 23.2. The van der Waals surface area contributed by atoms with Crippen LogP contribution >= 0.6 is 0 Å². The monoisotopic (exact) mass is 679 g/mol. The number of carbonyl (C=O) groups excluding carboxylic acids is 4. The molecule has 2 aromatic carbocycles. The highest BCUT2D eigenvalue weighted by atomic mass is 16.4. The second-order valence-electron chi connectivity index (χ2n) is 12.5. The summed E-state index contributed by atoms with van der Waals surface area (Å²) in [6.45, 7) is 7.13. The molecule has 0 radical (unpaired) electrons. The number of carboxylic acids is 1. The van der Waals surface area contributed by atoms with Gasteiger partial charge in [0, 0.05) is 17.7 Å². The van der Waals surface area contributed by atoms with Gasteiger partial charge in [-0.1, -0.05) is 70.2 Å². The molecule has 0 saturated carbocycles. The van der Waals surface area contributed by atoms with Crippen LogP contribution in [0.25, 0.3) is 11.4 Å². The molecular weight excluding hydrogens is 634 g/mol. The van der Waals surface area contributed by atoms with Gasteiger partial charge in [0.05, 0.1) is 12.1 Å². The lowest BCUT2D eigenvalue weighted by atomic mass is 9.97. The van der Waals surface area contributed by atoms with Crippen LogP contribution in [0.3, 0.4) is 0 Å². The van der Waals surface area contributed by atoms with Crippen molar-refractivity contribution in [3.8, 4) is 11.4 Å². The van der Waals surface area contributed by atoms with E-state index in [4.69, 9.17) is 10.8 Å². The number of nitrogens with zero attached hydrogens (tertiary/aromatic N) is 3. The number of hydrogen-bond acceptors (Lipinski definition) is 10. The minimum absolute atomic E-state index is 0.0557. The molecule has 0 aliphatic carbocycles. The van der Waals surface area contributed by atoms with Gasteiger partial charge >= 0.3 is 5.97 Å². The smallest absolute Gasteiger partial charge is 0.303 e. The van der Waals surface area contributed by atoms with Crippen molar-refractivity contribution in [1.29, 1.82) is 0 Å². The van der Waals surface area contributed by atoms with Crippen LogP contribution in [-0.2, 0) is 30.4 Å². The second-order valence-corrected chi connectivity index (χ2v) is 12.5. The maximum atomic E-state index is 13.8. The fraction of sp³-hybridized carbons (Fsp3) is 0.455. The molecule has 0 bridgehead atoms. The minimum atomic E-state index is -1.71. The first-order valence-corrected chi connectivity index (χ1v) is 16.0. The Bertz CT molecular complexity index is 1550. The normalized spacial score (nSPS) is 14.3. The number of aliphatic carboxylic acids is 1. The molecule has 1 aromatic heterocycles. The van der Waals surface area contributed by atoms with E-state index in [1.54, 1.807) is 62.4 Å². The average Bonchev–Trinajstić information content (AvgIpc) is 3.60. The number of benzene rings is 2. The van der Waals surface area contributed by atoms with Crippen molar-refractivity contribution in [1.82, 2.24) is 36.6 Å². The molecule has 16 heteroatoms. The van der Waals surface area contributed by atoms with Crippen LogP contribution in [0.4, 0.5) is 5.69 Å². The summed E-state index contributed by atoms with van der Waals surface area (Å²) in [5.74, 6) is -4.02. The summed E-state index contributed by atoms with van der Waals surface area (Å²) in [4.78, 5) is 64.2. The van der Waals surface area contributed by atoms with Crippen LogP contribution in [-0.4, -0.2) is 90.7 Å². The van der Waals surface area contributed by atoms with Crippen molar-refractivity contribution in [3.05, 3.63) is 60.2 Å². The summed E-state index contributed by atoms with van der Waals surface area (Å²) < 4.78 is 0. The molecule has 0 spiro atoms. The molecule has 9 N–H and O–H groups in total. The Morgan fingerprint density at radius 2 is 1.59 bits per heavy atom. The predicted octanol–water partition coefficient (Wildman–Crippen LogP) is 0.757. The van der Waals surface area contributed by atoms with E-state index in [1.807, 2.05) is 19.9 Å². The van der Waals surface area contributed by atoms with Gasteiger partial charge in [-0.15, -0.1) is 10.2 Å². The molecule has 16 nitrogen and oxygen atoms in total. The molecule has 0 saturated heterocycles. The molecule has 0 aliphatic heterocycles. The lowest BCUT2D eigenvalue weighted by Gasteiger charge is -2.29. The third kappa shape index (κ3) is 12.1. The molecule has 1 heterocycles. The molecule has 0 aliphatic rings. The number of carboxylic acid groups (broad SMARTS) is 1. The van der Waals surface area contributed by atoms with Gasteiger partial charge in [0.25, 0.3) is 5.91 Å². The quantitative estimate of drug-likeness (QED) is 0.0931. The Kier molecular flexibility index (Phi) is 14.3. The molecule has 5 atom stereocenters. The third-order valence-corrected chi connectivity index (χ3v) is 7.60. The maximum Gasteiger partial charge on any atom is 0.303 e. The zero-order valence-corrected chi connectivity index (χ0v) is 27.9. The predicted molar refractivity (Wildman–Crippen MR) is 179 cm³/mol. The second kappa shape index (κ2) is 18.4. The van der Waals surface area contributed by atoms with Crippen LogP contribution in [0.5, 0.6) is 0 Å². The largest absolute Gasteiger partial charge is 0.481 e. The van der Waals surface area contributed by atoms with E-state index in [-0.39, 0.29) is 31.6 Å². The van der Waals surface area contributed by atoms with E-state index < -0.39 is 65.8 Å². The van der Waals surface area contributed by atoms with E-state index in [9.17, 15) is 29.1 Å². The Balaban J connectivity index is 1.78. The van der Waals surface area contributed by atoms with Crippen LogP contribution in [0.1, 0.15) is 52.5 Å². The summed E-state index contributed by atoms with van der Waals surface area (Å²) in [5.41, 5.74) is 7.50. The Morgan fingerprint density at radius 3 is 2.20 bits per heavy atom. The minimum Gasteiger partial charge on any atom is -0.481 e. The van der Waals surface area contributed by atoms with Crippen molar-refractivity contribution >= 4 is 35.3 Å². The number of anilines is 1. The van der Waals surface area contributed by atoms with Crippen LogP contribution in [0.15, 0.2) is 54.6 Å². The number of hydrogen-bond donors (Lipinski definition) is 8. The van der Waals surface area contributed by atoms with Gasteiger partial charge in [-0.2, -0.15) is 5.21 Å². The van der Waals surface area contributed by atoms with Crippen molar-refractivity contribution in [2.24, 2.45) is 17.6 Å². The van der Waals surface area contributed by atoms with Gasteiger partial charge in [0.15, 0.2) is 6.10 Å². The van der Waals surface area contributed by atoms with Crippen molar-refractivity contribution in [2.75, 3.05) is 5.32 Å². The summed E-state index contributed by atoms with van der Waals surface area (Å²) in [5, 5.41) is 44.7. The van der Waals surface area contributed by atoms with Gasteiger partial charge < -0.3 is 37.2 Å². The van der Waals surface area contributed by atoms with Crippen LogP contribution in [0.2, 0.25) is 0 Å². The van der Waals surface area contributed by atoms with E-state index >= 15 is 0 Å². The van der Waals surface area contributed by atoms with Crippen molar-refractivity contribution in [3.63, 3.8) is 0 Å².